The number of thioether (sulfide) groups is 1. The predicted molar refractivity (Wildman–Crippen MR) is 102 cm³/mol. The number of nitrogens with one attached hydrogen (secondary N) is 1. The van der Waals surface area contributed by atoms with E-state index in [-0.39, 0.29) is 5.91 Å². The molecule has 2 aromatic rings. The Labute approximate surface area is 161 Å². The van der Waals surface area contributed by atoms with E-state index < -0.39 is 0 Å². The molecule has 1 aliphatic carbocycles. The van der Waals surface area contributed by atoms with Gasteiger partial charge < -0.3 is 5.32 Å². The number of carbonyl (C=O) groups excluding carboxylic acids is 1. The standard InChI is InChI=1S/C17H20Cl2N4OS/c1-20-15(24)10-25-17-22-21-16(13-8-7-11(18)9-14(13)19)23(17)12-5-3-2-4-6-12/h7-9,12H,2-6,10H2,1H3,(H,20,24). The minimum absolute atomic E-state index is 0.0331. The third-order valence-electron chi connectivity index (χ3n) is 4.39. The average Bonchev–Trinajstić information content (AvgIpc) is 3.04. The summed E-state index contributed by atoms with van der Waals surface area (Å²) in [5.74, 6) is 1.03. The molecule has 1 saturated carbocycles. The average molecular weight is 399 g/mol. The molecule has 1 aromatic heterocycles. The van der Waals surface area contributed by atoms with Crippen molar-refractivity contribution in [2.75, 3.05) is 12.8 Å². The van der Waals surface area contributed by atoms with E-state index in [0.717, 1.165) is 29.4 Å². The van der Waals surface area contributed by atoms with Gasteiger partial charge in [-0.25, -0.2) is 0 Å². The maximum atomic E-state index is 11.6. The Hall–Kier alpha value is -1.24. The van der Waals surface area contributed by atoms with Crippen LogP contribution in [0.5, 0.6) is 0 Å². The van der Waals surface area contributed by atoms with E-state index in [1.807, 2.05) is 6.07 Å². The maximum Gasteiger partial charge on any atom is 0.230 e. The van der Waals surface area contributed by atoms with Gasteiger partial charge in [0.15, 0.2) is 11.0 Å². The van der Waals surface area contributed by atoms with Crippen molar-refractivity contribution in [3.8, 4) is 11.4 Å². The van der Waals surface area contributed by atoms with Gasteiger partial charge in [-0.1, -0.05) is 54.2 Å². The number of halogens is 2. The van der Waals surface area contributed by atoms with Gasteiger partial charge >= 0.3 is 0 Å². The van der Waals surface area contributed by atoms with Crippen molar-refractivity contribution in [3.63, 3.8) is 0 Å². The van der Waals surface area contributed by atoms with Crippen molar-refractivity contribution in [1.82, 2.24) is 20.1 Å². The molecule has 0 unspecified atom stereocenters. The molecule has 25 heavy (non-hydrogen) atoms. The van der Waals surface area contributed by atoms with Crippen LogP contribution in [0.25, 0.3) is 11.4 Å². The van der Waals surface area contributed by atoms with E-state index in [0.29, 0.717) is 21.8 Å². The highest BCUT2D eigenvalue weighted by Gasteiger charge is 2.25. The van der Waals surface area contributed by atoms with Crippen LogP contribution in [0.2, 0.25) is 10.0 Å². The van der Waals surface area contributed by atoms with Gasteiger partial charge in [0.05, 0.1) is 10.8 Å². The Morgan fingerprint density at radius 1 is 1.28 bits per heavy atom. The first-order valence-corrected chi connectivity index (χ1v) is 10.1. The van der Waals surface area contributed by atoms with Crippen LogP contribution in [-0.4, -0.2) is 33.5 Å². The van der Waals surface area contributed by atoms with Crippen LogP contribution in [0.3, 0.4) is 0 Å². The summed E-state index contributed by atoms with van der Waals surface area (Å²) >= 11 is 13.8. The SMILES string of the molecule is CNC(=O)CSc1nnc(-c2ccc(Cl)cc2Cl)n1C1CCCCC1. The van der Waals surface area contributed by atoms with Crippen LogP contribution >= 0.6 is 35.0 Å². The van der Waals surface area contributed by atoms with Gasteiger partial charge in [-0.15, -0.1) is 10.2 Å². The molecule has 134 valence electrons. The van der Waals surface area contributed by atoms with Crippen LogP contribution in [0.4, 0.5) is 0 Å². The number of hydrogen-bond acceptors (Lipinski definition) is 4. The quantitative estimate of drug-likeness (QED) is 0.747. The molecule has 5 nitrogen and oxygen atoms in total. The van der Waals surface area contributed by atoms with Gasteiger partial charge in [0, 0.05) is 23.7 Å². The lowest BCUT2D eigenvalue weighted by atomic mass is 9.95. The molecule has 1 N–H and O–H groups in total. The summed E-state index contributed by atoms with van der Waals surface area (Å²) in [5.41, 5.74) is 0.816. The molecule has 1 fully saturated rings. The van der Waals surface area contributed by atoms with Gasteiger partial charge in [-0.3, -0.25) is 9.36 Å². The van der Waals surface area contributed by atoms with Gasteiger partial charge in [0.1, 0.15) is 0 Å². The molecule has 0 bridgehead atoms. The summed E-state index contributed by atoms with van der Waals surface area (Å²) in [6, 6.07) is 5.73. The molecule has 0 atom stereocenters. The fourth-order valence-electron chi connectivity index (χ4n) is 3.10. The summed E-state index contributed by atoms with van der Waals surface area (Å²) in [5, 5.41) is 13.3. The minimum Gasteiger partial charge on any atom is -0.358 e. The molecule has 1 aliphatic rings. The second-order valence-electron chi connectivity index (χ2n) is 6.05. The van der Waals surface area contributed by atoms with Crippen molar-refractivity contribution < 1.29 is 4.79 Å². The monoisotopic (exact) mass is 398 g/mol. The van der Waals surface area contributed by atoms with Gasteiger partial charge in [0.2, 0.25) is 5.91 Å². The van der Waals surface area contributed by atoms with E-state index in [1.165, 1.54) is 31.0 Å². The van der Waals surface area contributed by atoms with E-state index in [9.17, 15) is 4.79 Å². The first-order chi connectivity index (χ1) is 12.1. The number of rotatable bonds is 5. The third-order valence-corrected chi connectivity index (χ3v) is 5.88. The van der Waals surface area contributed by atoms with Crippen LogP contribution in [0.15, 0.2) is 23.4 Å². The Balaban J connectivity index is 1.99. The fraction of sp³-hybridized carbons (Fsp3) is 0.471. The Morgan fingerprint density at radius 3 is 2.72 bits per heavy atom. The smallest absolute Gasteiger partial charge is 0.230 e. The lowest BCUT2D eigenvalue weighted by Crippen LogP contribution is -2.21. The highest BCUT2D eigenvalue weighted by Crippen LogP contribution is 2.37. The highest BCUT2D eigenvalue weighted by molar-refractivity contribution is 7.99. The molecule has 0 radical (unpaired) electrons. The fourth-order valence-corrected chi connectivity index (χ4v) is 4.47. The number of carbonyl (C=O) groups is 1. The Bertz CT molecular complexity index is 759. The van der Waals surface area contributed by atoms with E-state index in [1.54, 1.807) is 19.2 Å². The van der Waals surface area contributed by atoms with E-state index in [2.05, 4.69) is 20.1 Å². The predicted octanol–water partition coefficient (Wildman–Crippen LogP) is 4.60. The van der Waals surface area contributed by atoms with Crippen LogP contribution in [0.1, 0.15) is 38.1 Å². The van der Waals surface area contributed by atoms with Crippen molar-refractivity contribution >= 4 is 40.9 Å². The summed E-state index contributed by atoms with van der Waals surface area (Å²) in [7, 11) is 1.63. The minimum atomic E-state index is -0.0331. The lowest BCUT2D eigenvalue weighted by molar-refractivity contribution is -0.118. The number of benzene rings is 1. The third kappa shape index (κ3) is 4.30. The molecule has 1 aromatic carbocycles. The van der Waals surface area contributed by atoms with Crippen molar-refractivity contribution in [3.05, 3.63) is 28.2 Å². The summed E-state index contributed by atoms with van der Waals surface area (Å²) in [4.78, 5) is 11.6. The van der Waals surface area contributed by atoms with Crippen molar-refractivity contribution in [2.24, 2.45) is 0 Å². The number of aromatic nitrogens is 3. The van der Waals surface area contributed by atoms with Crippen LogP contribution in [-0.2, 0) is 4.79 Å². The Morgan fingerprint density at radius 2 is 2.04 bits per heavy atom. The maximum absolute atomic E-state index is 11.6. The van der Waals surface area contributed by atoms with Crippen LogP contribution < -0.4 is 5.32 Å². The van der Waals surface area contributed by atoms with Gasteiger partial charge in [-0.2, -0.15) is 0 Å². The second-order valence-corrected chi connectivity index (χ2v) is 7.84. The molecule has 3 rings (SSSR count). The molecule has 0 aliphatic heterocycles. The largest absolute Gasteiger partial charge is 0.358 e. The molecule has 1 heterocycles. The van der Waals surface area contributed by atoms with Crippen molar-refractivity contribution in [2.45, 2.75) is 43.3 Å². The molecule has 0 saturated heterocycles. The number of amides is 1. The van der Waals surface area contributed by atoms with E-state index >= 15 is 0 Å². The molecular weight excluding hydrogens is 379 g/mol. The zero-order chi connectivity index (χ0) is 17.8. The van der Waals surface area contributed by atoms with Gasteiger partial charge in [-0.05, 0) is 31.0 Å². The van der Waals surface area contributed by atoms with Crippen molar-refractivity contribution in [1.29, 1.82) is 0 Å². The highest BCUT2D eigenvalue weighted by atomic mass is 35.5. The molecular formula is C17H20Cl2N4OS. The first-order valence-electron chi connectivity index (χ1n) is 8.34. The zero-order valence-electron chi connectivity index (χ0n) is 14.0. The summed E-state index contributed by atoms with van der Waals surface area (Å²) in [6.07, 6.45) is 5.82. The second kappa shape index (κ2) is 8.43. The summed E-state index contributed by atoms with van der Waals surface area (Å²) in [6.45, 7) is 0. The Kier molecular flexibility index (Phi) is 6.25. The van der Waals surface area contributed by atoms with Crippen LogP contribution in [0, 0.1) is 0 Å². The molecule has 8 heteroatoms. The van der Waals surface area contributed by atoms with Gasteiger partial charge in [0.25, 0.3) is 0 Å². The first kappa shape index (κ1) is 18.5. The number of hydrogen-bond donors (Lipinski definition) is 1. The zero-order valence-corrected chi connectivity index (χ0v) is 16.3. The van der Waals surface area contributed by atoms with E-state index in [4.69, 9.17) is 23.2 Å². The lowest BCUT2D eigenvalue weighted by Gasteiger charge is -2.25. The topological polar surface area (TPSA) is 59.8 Å². The normalized spacial score (nSPS) is 15.3. The molecule has 0 spiro atoms. The summed E-state index contributed by atoms with van der Waals surface area (Å²) < 4.78 is 2.15. The number of nitrogens with zero attached hydrogens (tertiary/aromatic N) is 3. The molecule has 1 amide bonds.